The van der Waals surface area contributed by atoms with Gasteiger partial charge in [-0.15, -0.1) is 0 Å². The first-order valence-corrected chi connectivity index (χ1v) is 4.91. The number of halogens is 1. The van der Waals surface area contributed by atoms with Crippen molar-refractivity contribution in [2.24, 2.45) is 0 Å². The lowest BCUT2D eigenvalue weighted by Gasteiger charge is -1.99. The van der Waals surface area contributed by atoms with E-state index in [1.807, 2.05) is 0 Å². The Labute approximate surface area is 97.2 Å². The standard InChI is InChI=1S/C12H5ClN2O/c13-8-1-2-9-11(3-8)10(4-12(9)16)7(5-14)6-15/h1-3H,4H2. The van der Waals surface area contributed by atoms with Crippen molar-refractivity contribution in [1.82, 2.24) is 0 Å². The van der Waals surface area contributed by atoms with Crippen LogP contribution in [-0.2, 0) is 0 Å². The average Bonchev–Trinajstić information content (AvgIpc) is 2.58. The van der Waals surface area contributed by atoms with E-state index in [0.29, 0.717) is 21.7 Å². The molecular formula is C12H5ClN2O. The summed E-state index contributed by atoms with van der Waals surface area (Å²) < 4.78 is 0. The molecule has 16 heavy (non-hydrogen) atoms. The van der Waals surface area contributed by atoms with Gasteiger partial charge in [-0.25, -0.2) is 0 Å². The van der Waals surface area contributed by atoms with Gasteiger partial charge in [-0.05, 0) is 29.3 Å². The average molecular weight is 229 g/mol. The topological polar surface area (TPSA) is 64.7 Å². The van der Waals surface area contributed by atoms with E-state index in [-0.39, 0.29) is 17.8 Å². The zero-order valence-corrected chi connectivity index (χ0v) is 8.88. The molecule has 1 aromatic rings. The Bertz CT molecular complexity index is 586. The number of carbonyl (C=O) groups is 1. The highest BCUT2D eigenvalue weighted by molar-refractivity contribution is 6.31. The van der Waals surface area contributed by atoms with Crippen LogP contribution in [0.3, 0.4) is 0 Å². The van der Waals surface area contributed by atoms with E-state index in [2.05, 4.69) is 0 Å². The molecule has 0 fully saturated rings. The van der Waals surface area contributed by atoms with Crippen molar-refractivity contribution in [3.63, 3.8) is 0 Å². The van der Waals surface area contributed by atoms with Crippen LogP contribution in [0.4, 0.5) is 0 Å². The summed E-state index contributed by atoms with van der Waals surface area (Å²) in [7, 11) is 0. The van der Waals surface area contributed by atoms with Gasteiger partial charge in [-0.2, -0.15) is 10.5 Å². The number of hydrogen-bond donors (Lipinski definition) is 0. The van der Waals surface area contributed by atoms with Crippen molar-refractivity contribution in [2.45, 2.75) is 6.42 Å². The molecule has 0 N–H and O–H groups in total. The molecule has 4 heteroatoms. The zero-order chi connectivity index (χ0) is 11.7. The van der Waals surface area contributed by atoms with Crippen molar-refractivity contribution in [2.75, 3.05) is 0 Å². The molecule has 1 aromatic carbocycles. The van der Waals surface area contributed by atoms with E-state index in [1.165, 1.54) is 0 Å². The minimum absolute atomic E-state index is 0.0191. The van der Waals surface area contributed by atoms with Gasteiger partial charge in [0.15, 0.2) is 5.78 Å². The maximum Gasteiger partial charge on any atom is 0.167 e. The van der Waals surface area contributed by atoms with Gasteiger partial charge in [-0.3, -0.25) is 4.79 Å². The van der Waals surface area contributed by atoms with Crippen LogP contribution in [0, 0.1) is 22.7 Å². The number of fused-ring (bicyclic) bond motifs is 1. The highest BCUT2D eigenvalue weighted by atomic mass is 35.5. The van der Waals surface area contributed by atoms with Crippen molar-refractivity contribution in [1.29, 1.82) is 10.5 Å². The lowest BCUT2D eigenvalue weighted by Crippen LogP contribution is -1.89. The fourth-order valence-corrected chi connectivity index (χ4v) is 1.92. The molecular weight excluding hydrogens is 224 g/mol. The van der Waals surface area contributed by atoms with E-state index in [0.717, 1.165) is 0 Å². The number of allylic oxidation sites excluding steroid dienone is 2. The molecule has 0 spiro atoms. The Morgan fingerprint density at radius 3 is 2.56 bits per heavy atom. The van der Waals surface area contributed by atoms with Crippen LogP contribution in [0.2, 0.25) is 5.02 Å². The number of nitriles is 2. The quantitative estimate of drug-likeness (QED) is 0.642. The second-order valence-electron chi connectivity index (χ2n) is 3.37. The Kier molecular flexibility index (Phi) is 2.48. The summed E-state index contributed by atoms with van der Waals surface area (Å²) in [5.41, 5.74) is 1.60. The summed E-state index contributed by atoms with van der Waals surface area (Å²) in [6.45, 7) is 0. The SMILES string of the molecule is N#CC(C#N)=C1CC(=O)c2ccc(Cl)cc21. The van der Waals surface area contributed by atoms with Crippen LogP contribution < -0.4 is 0 Å². The monoisotopic (exact) mass is 228 g/mol. The molecule has 0 aromatic heterocycles. The Hall–Kier alpha value is -2.10. The van der Waals surface area contributed by atoms with Crippen molar-refractivity contribution >= 4 is 23.0 Å². The van der Waals surface area contributed by atoms with Gasteiger partial charge in [0.25, 0.3) is 0 Å². The van der Waals surface area contributed by atoms with Crippen LogP contribution in [0.1, 0.15) is 22.3 Å². The lowest BCUT2D eigenvalue weighted by molar-refractivity contribution is 0.100. The third-order valence-corrected chi connectivity index (χ3v) is 2.70. The van der Waals surface area contributed by atoms with Gasteiger partial charge in [0.05, 0.1) is 0 Å². The molecule has 0 saturated heterocycles. The number of nitrogens with zero attached hydrogens (tertiary/aromatic N) is 2. The molecule has 0 unspecified atom stereocenters. The fourth-order valence-electron chi connectivity index (χ4n) is 1.74. The zero-order valence-electron chi connectivity index (χ0n) is 8.12. The molecule has 0 aliphatic heterocycles. The highest BCUT2D eigenvalue weighted by Gasteiger charge is 2.26. The minimum Gasteiger partial charge on any atom is -0.294 e. The maximum atomic E-state index is 11.6. The minimum atomic E-state index is -0.0790. The highest BCUT2D eigenvalue weighted by Crippen LogP contribution is 2.35. The normalized spacial score (nSPS) is 12.9. The molecule has 76 valence electrons. The number of rotatable bonds is 0. The Balaban J connectivity index is 2.74. The first-order valence-electron chi connectivity index (χ1n) is 4.54. The van der Waals surface area contributed by atoms with Gasteiger partial charge in [-0.1, -0.05) is 11.6 Å². The first kappa shape index (κ1) is 10.4. The van der Waals surface area contributed by atoms with Gasteiger partial charge in [0, 0.05) is 17.0 Å². The number of carbonyl (C=O) groups excluding carboxylic acids is 1. The van der Waals surface area contributed by atoms with Crippen molar-refractivity contribution in [3.05, 3.63) is 39.9 Å². The van der Waals surface area contributed by atoms with Crippen molar-refractivity contribution < 1.29 is 4.79 Å². The molecule has 0 heterocycles. The fraction of sp³-hybridized carbons (Fsp3) is 0.0833. The Morgan fingerprint density at radius 1 is 1.25 bits per heavy atom. The molecule has 0 radical (unpaired) electrons. The summed E-state index contributed by atoms with van der Waals surface area (Å²) in [5, 5.41) is 18.1. The van der Waals surface area contributed by atoms with Gasteiger partial charge < -0.3 is 0 Å². The molecule has 1 aliphatic rings. The second kappa shape index (κ2) is 3.81. The van der Waals surface area contributed by atoms with Gasteiger partial charge >= 0.3 is 0 Å². The van der Waals surface area contributed by atoms with Gasteiger partial charge in [0.2, 0.25) is 0 Å². The van der Waals surface area contributed by atoms with E-state index >= 15 is 0 Å². The number of benzene rings is 1. The van der Waals surface area contributed by atoms with Crippen molar-refractivity contribution in [3.8, 4) is 12.1 Å². The summed E-state index contributed by atoms with van der Waals surface area (Å²) in [6, 6.07) is 8.46. The predicted molar refractivity (Wildman–Crippen MR) is 58.5 cm³/mol. The van der Waals surface area contributed by atoms with Crippen LogP contribution >= 0.6 is 11.6 Å². The molecule has 0 saturated carbocycles. The summed E-state index contributed by atoms with van der Waals surface area (Å²) >= 11 is 5.83. The molecule has 1 aliphatic carbocycles. The van der Waals surface area contributed by atoms with Crippen LogP contribution in [0.25, 0.3) is 5.57 Å². The molecule has 2 rings (SSSR count). The Morgan fingerprint density at radius 2 is 1.94 bits per heavy atom. The number of Topliss-reactive ketones (excluding diaryl/α,β-unsaturated/α-hetero) is 1. The number of hydrogen-bond acceptors (Lipinski definition) is 3. The molecule has 3 nitrogen and oxygen atoms in total. The van der Waals surface area contributed by atoms with Crippen LogP contribution in [-0.4, -0.2) is 5.78 Å². The summed E-state index contributed by atoms with van der Waals surface area (Å²) in [4.78, 5) is 11.6. The third-order valence-electron chi connectivity index (χ3n) is 2.47. The molecule has 0 amide bonds. The largest absolute Gasteiger partial charge is 0.294 e. The summed E-state index contributed by atoms with van der Waals surface area (Å²) in [5.74, 6) is -0.0790. The third kappa shape index (κ3) is 1.48. The van der Waals surface area contributed by atoms with E-state index in [9.17, 15) is 4.79 Å². The predicted octanol–water partition coefficient (Wildman–Crippen LogP) is 2.73. The van der Waals surface area contributed by atoms with Gasteiger partial charge in [0.1, 0.15) is 17.7 Å². The van der Waals surface area contributed by atoms with Crippen LogP contribution in [0.15, 0.2) is 23.8 Å². The second-order valence-corrected chi connectivity index (χ2v) is 3.80. The number of ketones is 1. The maximum absolute atomic E-state index is 11.6. The summed E-state index contributed by atoms with van der Waals surface area (Å²) in [6.07, 6.45) is 0.103. The molecule has 0 bridgehead atoms. The van der Waals surface area contributed by atoms with E-state index in [4.69, 9.17) is 22.1 Å². The smallest absolute Gasteiger partial charge is 0.167 e. The van der Waals surface area contributed by atoms with E-state index in [1.54, 1.807) is 30.3 Å². The first-order chi connectivity index (χ1) is 7.67. The lowest BCUT2D eigenvalue weighted by atomic mass is 10.0. The molecule has 0 atom stereocenters. The van der Waals surface area contributed by atoms with Crippen LogP contribution in [0.5, 0.6) is 0 Å². The van der Waals surface area contributed by atoms with E-state index < -0.39 is 0 Å².